The van der Waals surface area contributed by atoms with Crippen LogP contribution in [-0.2, 0) is 0 Å². The van der Waals surface area contributed by atoms with E-state index in [-0.39, 0.29) is 0 Å². The van der Waals surface area contributed by atoms with Crippen molar-refractivity contribution < 1.29 is 0 Å². The van der Waals surface area contributed by atoms with Crippen LogP contribution in [0.1, 0.15) is 46.5 Å². The van der Waals surface area contributed by atoms with Gasteiger partial charge in [0.1, 0.15) is 0 Å². The minimum absolute atomic E-state index is 0.365. The first-order valence-corrected chi connectivity index (χ1v) is 6.60. The standard InChI is InChI=1S/C13H26N2/c1-4-11-6-5-7-15(10-11)12-8-13(2,3)14-9-12/h11-12,14H,4-10H2,1-3H3. The zero-order valence-electron chi connectivity index (χ0n) is 10.6. The lowest BCUT2D eigenvalue weighted by Gasteiger charge is -2.36. The van der Waals surface area contributed by atoms with Gasteiger partial charge in [0.25, 0.3) is 0 Å². The Kier molecular flexibility index (Phi) is 3.36. The molecule has 2 heterocycles. The summed E-state index contributed by atoms with van der Waals surface area (Å²) in [6, 6.07) is 0.800. The van der Waals surface area contributed by atoms with Gasteiger partial charge in [-0.25, -0.2) is 0 Å². The van der Waals surface area contributed by atoms with Crippen LogP contribution in [-0.4, -0.2) is 36.1 Å². The fourth-order valence-corrected chi connectivity index (χ4v) is 3.15. The average molecular weight is 210 g/mol. The summed E-state index contributed by atoms with van der Waals surface area (Å²) < 4.78 is 0. The zero-order chi connectivity index (χ0) is 10.9. The Hall–Kier alpha value is -0.0800. The highest BCUT2D eigenvalue weighted by Crippen LogP contribution is 2.27. The fraction of sp³-hybridized carbons (Fsp3) is 1.00. The van der Waals surface area contributed by atoms with Gasteiger partial charge >= 0.3 is 0 Å². The predicted octanol–water partition coefficient (Wildman–Crippen LogP) is 2.25. The number of hydrogen-bond acceptors (Lipinski definition) is 2. The molecular formula is C13H26N2. The maximum atomic E-state index is 3.63. The molecule has 2 aliphatic heterocycles. The third-order valence-corrected chi connectivity index (χ3v) is 4.21. The third kappa shape index (κ3) is 2.73. The molecule has 0 aromatic heterocycles. The van der Waals surface area contributed by atoms with Crippen molar-refractivity contribution in [3.63, 3.8) is 0 Å². The minimum atomic E-state index is 0.365. The molecule has 2 heteroatoms. The van der Waals surface area contributed by atoms with Crippen molar-refractivity contribution in [2.45, 2.75) is 58.0 Å². The third-order valence-electron chi connectivity index (χ3n) is 4.21. The van der Waals surface area contributed by atoms with Crippen LogP contribution in [0.25, 0.3) is 0 Å². The molecule has 2 unspecified atom stereocenters. The highest BCUT2D eigenvalue weighted by molar-refractivity contribution is 4.95. The molecule has 15 heavy (non-hydrogen) atoms. The van der Waals surface area contributed by atoms with E-state index in [9.17, 15) is 0 Å². The summed E-state index contributed by atoms with van der Waals surface area (Å²) in [7, 11) is 0. The van der Waals surface area contributed by atoms with Crippen molar-refractivity contribution in [1.82, 2.24) is 10.2 Å². The van der Waals surface area contributed by atoms with Crippen molar-refractivity contribution in [2.24, 2.45) is 5.92 Å². The number of piperidine rings is 1. The molecule has 0 aliphatic carbocycles. The second-order valence-electron chi connectivity index (χ2n) is 6.03. The second kappa shape index (κ2) is 4.42. The molecule has 88 valence electrons. The van der Waals surface area contributed by atoms with Gasteiger partial charge in [0.2, 0.25) is 0 Å². The molecule has 0 aromatic carbocycles. The van der Waals surface area contributed by atoms with Crippen LogP contribution >= 0.6 is 0 Å². The Morgan fingerprint density at radius 3 is 2.80 bits per heavy atom. The lowest BCUT2D eigenvalue weighted by molar-refractivity contribution is 0.126. The lowest BCUT2D eigenvalue weighted by Crippen LogP contribution is -2.43. The first-order chi connectivity index (χ1) is 7.11. The molecule has 1 N–H and O–H groups in total. The molecule has 0 radical (unpaired) electrons. The van der Waals surface area contributed by atoms with Crippen LogP contribution in [0.4, 0.5) is 0 Å². The molecule has 0 aromatic rings. The van der Waals surface area contributed by atoms with Gasteiger partial charge in [-0.15, -0.1) is 0 Å². The normalized spacial score (nSPS) is 37.0. The molecule has 2 atom stereocenters. The molecule has 2 aliphatic rings. The summed E-state index contributed by atoms with van der Waals surface area (Å²) in [6.07, 6.45) is 5.55. The van der Waals surface area contributed by atoms with Gasteiger partial charge in [-0.05, 0) is 45.6 Å². The van der Waals surface area contributed by atoms with Crippen LogP contribution < -0.4 is 5.32 Å². The minimum Gasteiger partial charge on any atom is -0.310 e. The summed E-state index contributed by atoms with van der Waals surface area (Å²) in [5.74, 6) is 0.961. The van der Waals surface area contributed by atoms with E-state index in [0.717, 1.165) is 12.0 Å². The maximum Gasteiger partial charge on any atom is 0.0238 e. The van der Waals surface area contributed by atoms with Crippen molar-refractivity contribution >= 4 is 0 Å². The van der Waals surface area contributed by atoms with Crippen molar-refractivity contribution in [3.8, 4) is 0 Å². The molecule has 0 amide bonds. The van der Waals surface area contributed by atoms with Crippen LogP contribution in [0.5, 0.6) is 0 Å². The van der Waals surface area contributed by atoms with Crippen molar-refractivity contribution in [3.05, 3.63) is 0 Å². The smallest absolute Gasteiger partial charge is 0.0238 e. The number of likely N-dealkylation sites (tertiary alicyclic amines) is 1. The van der Waals surface area contributed by atoms with Crippen LogP contribution in [0.2, 0.25) is 0 Å². The largest absolute Gasteiger partial charge is 0.310 e. The highest BCUT2D eigenvalue weighted by Gasteiger charge is 2.35. The van der Waals surface area contributed by atoms with E-state index in [4.69, 9.17) is 0 Å². The van der Waals surface area contributed by atoms with E-state index in [1.54, 1.807) is 0 Å². The van der Waals surface area contributed by atoms with Gasteiger partial charge in [0.05, 0.1) is 0 Å². The van der Waals surface area contributed by atoms with Crippen molar-refractivity contribution in [1.29, 1.82) is 0 Å². The lowest BCUT2D eigenvalue weighted by atomic mass is 9.93. The van der Waals surface area contributed by atoms with Crippen molar-refractivity contribution in [2.75, 3.05) is 19.6 Å². The summed E-state index contributed by atoms with van der Waals surface area (Å²) in [5.41, 5.74) is 0.365. The Morgan fingerprint density at radius 1 is 1.40 bits per heavy atom. The van der Waals surface area contributed by atoms with E-state index in [2.05, 4.69) is 31.0 Å². The molecule has 0 spiro atoms. The topological polar surface area (TPSA) is 15.3 Å². The molecule has 2 fully saturated rings. The average Bonchev–Trinajstić information content (AvgIpc) is 2.59. The van der Waals surface area contributed by atoms with E-state index >= 15 is 0 Å². The van der Waals surface area contributed by atoms with Gasteiger partial charge in [-0.2, -0.15) is 0 Å². The first kappa shape index (κ1) is 11.4. The number of nitrogens with zero attached hydrogens (tertiary/aromatic N) is 1. The van der Waals surface area contributed by atoms with Crippen LogP contribution in [0, 0.1) is 5.92 Å². The van der Waals surface area contributed by atoms with Gasteiger partial charge in [0.15, 0.2) is 0 Å². The zero-order valence-corrected chi connectivity index (χ0v) is 10.6. The molecule has 0 bridgehead atoms. The Labute approximate surface area is 94.4 Å². The quantitative estimate of drug-likeness (QED) is 0.752. The fourth-order valence-electron chi connectivity index (χ4n) is 3.15. The maximum absolute atomic E-state index is 3.63. The van der Waals surface area contributed by atoms with Gasteiger partial charge in [-0.1, -0.05) is 13.3 Å². The molecule has 2 rings (SSSR count). The summed E-state index contributed by atoms with van der Waals surface area (Å²) in [6.45, 7) is 10.9. The van der Waals surface area contributed by atoms with E-state index in [0.29, 0.717) is 5.54 Å². The van der Waals surface area contributed by atoms with E-state index < -0.39 is 0 Å². The summed E-state index contributed by atoms with van der Waals surface area (Å²) in [4.78, 5) is 2.74. The molecular weight excluding hydrogens is 184 g/mol. The Balaban J connectivity index is 1.88. The van der Waals surface area contributed by atoms with E-state index in [1.807, 2.05) is 0 Å². The second-order valence-corrected chi connectivity index (χ2v) is 6.03. The monoisotopic (exact) mass is 210 g/mol. The Bertz CT molecular complexity index is 213. The number of rotatable bonds is 2. The SMILES string of the molecule is CCC1CCCN(C2CNC(C)(C)C2)C1. The Morgan fingerprint density at radius 2 is 2.20 bits per heavy atom. The summed E-state index contributed by atoms with van der Waals surface area (Å²) in [5, 5.41) is 3.63. The van der Waals surface area contributed by atoms with Gasteiger partial charge in [0, 0.05) is 24.7 Å². The molecule has 2 nitrogen and oxygen atoms in total. The van der Waals surface area contributed by atoms with Crippen LogP contribution in [0.15, 0.2) is 0 Å². The number of nitrogens with one attached hydrogen (secondary N) is 1. The van der Waals surface area contributed by atoms with E-state index in [1.165, 1.54) is 45.3 Å². The summed E-state index contributed by atoms with van der Waals surface area (Å²) >= 11 is 0. The molecule has 0 saturated carbocycles. The highest BCUT2D eigenvalue weighted by atomic mass is 15.2. The predicted molar refractivity (Wildman–Crippen MR) is 65.1 cm³/mol. The van der Waals surface area contributed by atoms with Gasteiger partial charge < -0.3 is 5.32 Å². The van der Waals surface area contributed by atoms with Crippen LogP contribution in [0.3, 0.4) is 0 Å². The number of hydrogen-bond donors (Lipinski definition) is 1. The first-order valence-electron chi connectivity index (χ1n) is 6.60. The molecule has 2 saturated heterocycles. The van der Waals surface area contributed by atoms with Gasteiger partial charge in [-0.3, -0.25) is 4.90 Å².